The molecule has 2 nitrogen and oxygen atoms in total. The lowest BCUT2D eigenvalue weighted by molar-refractivity contribution is -0.142. The van der Waals surface area contributed by atoms with Crippen LogP contribution in [0.2, 0.25) is 0 Å². The fourth-order valence-electron chi connectivity index (χ4n) is 2.24. The lowest BCUT2D eigenvalue weighted by Crippen LogP contribution is -2.12. The molecule has 0 saturated carbocycles. The van der Waals surface area contributed by atoms with Gasteiger partial charge >= 0.3 is 12.4 Å². The van der Waals surface area contributed by atoms with Crippen LogP contribution in [0.3, 0.4) is 0 Å². The quantitative estimate of drug-likeness (QED) is 0.605. The molecule has 0 aliphatic heterocycles. The van der Waals surface area contributed by atoms with E-state index in [1.54, 1.807) is 24.3 Å². The van der Waals surface area contributed by atoms with Crippen LogP contribution in [0, 0.1) is 0 Å². The number of benzene rings is 2. The SMILES string of the molecule is FC(F)(F)c1ccc(-c2nc3ccccc3[nH]2)c(C(F)(F)F)c1. The van der Waals surface area contributed by atoms with Gasteiger partial charge in [-0.25, -0.2) is 4.98 Å². The Labute approximate surface area is 125 Å². The van der Waals surface area contributed by atoms with E-state index in [9.17, 15) is 26.3 Å². The summed E-state index contributed by atoms with van der Waals surface area (Å²) in [4.78, 5) is 6.70. The molecule has 0 radical (unpaired) electrons. The van der Waals surface area contributed by atoms with Gasteiger partial charge in [-0.2, -0.15) is 26.3 Å². The average molecular weight is 330 g/mol. The number of rotatable bonds is 1. The highest BCUT2D eigenvalue weighted by molar-refractivity contribution is 5.80. The Balaban J connectivity index is 2.22. The van der Waals surface area contributed by atoms with Crippen molar-refractivity contribution in [1.29, 1.82) is 0 Å². The molecule has 0 bridgehead atoms. The molecular formula is C15H8F6N2. The first-order valence-electron chi connectivity index (χ1n) is 6.40. The van der Waals surface area contributed by atoms with Gasteiger partial charge < -0.3 is 4.98 Å². The summed E-state index contributed by atoms with van der Waals surface area (Å²) in [6.45, 7) is 0. The molecule has 0 fully saturated rings. The number of hydrogen-bond acceptors (Lipinski definition) is 1. The third kappa shape index (κ3) is 2.88. The lowest BCUT2D eigenvalue weighted by Gasteiger charge is -2.14. The van der Waals surface area contributed by atoms with E-state index in [-0.39, 0.29) is 11.9 Å². The van der Waals surface area contributed by atoms with Crippen molar-refractivity contribution in [2.24, 2.45) is 0 Å². The zero-order valence-electron chi connectivity index (χ0n) is 11.3. The predicted octanol–water partition coefficient (Wildman–Crippen LogP) is 5.27. The first-order valence-corrected chi connectivity index (χ1v) is 6.40. The van der Waals surface area contributed by atoms with Crippen LogP contribution in [-0.4, -0.2) is 9.97 Å². The summed E-state index contributed by atoms with van der Waals surface area (Å²) < 4.78 is 77.4. The normalized spacial score (nSPS) is 12.8. The highest BCUT2D eigenvalue weighted by atomic mass is 19.4. The smallest absolute Gasteiger partial charge is 0.338 e. The molecule has 0 unspecified atom stereocenters. The minimum atomic E-state index is -4.93. The monoisotopic (exact) mass is 330 g/mol. The molecule has 0 aliphatic carbocycles. The van der Waals surface area contributed by atoms with Crippen molar-refractivity contribution in [3.63, 3.8) is 0 Å². The summed E-state index contributed by atoms with van der Waals surface area (Å²) in [6.07, 6.45) is -9.79. The van der Waals surface area contributed by atoms with E-state index in [0.29, 0.717) is 17.1 Å². The minimum absolute atomic E-state index is 0.0997. The number of imidazole rings is 1. The summed E-state index contributed by atoms with van der Waals surface area (Å²) in [5.74, 6) is -0.132. The van der Waals surface area contributed by atoms with Gasteiger partial charge in [-0.3, -0.25) is 0 Å². The van der Waals surface area contributed by atoms with Gasteiger partial charge in [-0.15, -0.1) is 0 Å². The van der Waals surface area contributed by atoms with Gasteiger partial charge in [0.2, 0.25) is 0 Å². The third-order valence-corrected chi connectivity index (χ3v) is 3.30. The summed E-state index contributed by atoms with van der Waals surface area (Å²) >= 11 is 0. The molecule has 0 spiro atoms. The summed E-state index contributed by atoms with van der Waals surface area (Å²) in [5, 5.41) is 0. The van der Waals surface area contributed by atoms with Gasteiger partial charge in [-0.1, -0.05) is 18.2 Å². The van der Waals surface area contributed by atoms with Gasteiger partial charge in [0.15, 0.2) is 0 Å². The maximum Gasteiger partial charge on any atom is 0.417 e. The van der Waals surface area contributed by atoms with Gasteiger partial charge in [0.25, 0.3) is 0 Å². The van der Waals surface area contributed by atoms with E-state index < -0.39 is 29.0 Å². The Kier molecular flexibility index (Phi) is 3.35. The Hall–Kier alpha value is -2.51. The minimum Gasteiger partial charge on any atom is -0.338 e. The number of fused-ring (bicyclic) bond motifs is 1. The van der Waals surface area contributed by atoms with Crippen LogP contribution in [0.5, 0.6) is 0 Å². The van der Waals surface area contributed by atoms with Crippen LogP contribution in [0.1, 0.15) is 11.1 Å². The molecule has 2 aromatic carbocycles. The number of alkyl halides is 6. The molecule has 8 heteroatoms. The van der Waals surface area contributed by atoms with Crippen molar-refractivity contribution in [3.8, 4) is 11.4 Å². The maximum atomic E-state index is 13.1. The Morgan fingerprint density at radius 2 is 1.52 bits per heavy atom. The van der Waals surface area contributed by atoms with Crippen LogP contribution in [0.4, 0.5) is 26.3 Å². The van der Waals surface area contributed by atoms with Crippen molar-refractivity contribution in [2.45, 2.75) is 12.4 Å². The summed E-state index contributed by atoms with van der Waals surface area (Å²) in [6, 6.07) is 8.02. The van der Waals surface area contributed by atoms with Crippen molar-refractivity contribution in [3.05, 3.63) is 53.6 Å². The number of aromatic nitrogens is 2. The fourth-order valence-corrected chi connectivity index (χ4v) is 2.24. The number of aromatic amines is 1. The first-order chi connectivity index (χ1) is 10.7. The molecule has 1 heterocycles. The van der Waals surface area contributed by atoms with Crippen LogP contribution < -0.4 is 0 Å². The van der Waals surface area contributed by atoms with Crippen molar-refractivity contribution in [2.75, 3.05) is 0 Å². The topological polar surface area (TPSA) is 28.7 Å². The number of halogens is 6. The largest absolute Gasteiger partial charge is 0.417 e. The van der Waals surface area contributed by atoms with E-state index in [0.717, 1.165) is 6.07 Å². The van der Waals surface area contributed by atoms with Crippen molar-refractivity contribution >= 4 is 11.0 Å². The zero-order valence-corrected chi connectivity index (χ0v) is 11.3. The van der Waals surface area contributed by atoms with E-state index in [2.05, 4.69) is 9.97 Å². The van der Waals surface area contributed by atoms with Crippen LogP contribution in [-0.2, 0) is 12.4 Å². The zero-order chi connectivity index (χ0) is 16.8. The standard InChI is InChI=1S/C15H8F6N2/c16-14(17,18)8-5-6-9(10(7-8)15(19,20)21)13-22-11-3-1-2-4-12(11)23-13/h1-7H,(H,22,23). The van der Waals surface area contributed by atoms with Crippen molar-refractivity contribution < 1.29 is 26.3 Å². The second kappa shape index (κ2) is 5.00. The number of nitrogens with one attached hydrogen (secondary N) is 1. The molecular weight excluding hydrogens is 322 g/mol. The molecule has 120 valence electrons. The average Bonchev–Trinajstić information content (AvgIpc) is 2.88. The maximum absolute atomic E-state index is 13.1. The molecule has 1 N–H and O–H groups in total. The Morgan fingerprint density at radius 3 is 2.13 bits per heavy atom. The van der Waals surface area contributed by atoms with E-state index in [1.807, 2.05) is 0 Å². The second-order valence-corrected chi connectivity index (χ2v) is 4.86. The number of para-hydroxylation sites is 2. The van der Waals surface area contributed by atoms with Gasteiger partial charge in [0.05, 0.1) is 22.2 Å². The summed E-state index contributed by atoms with van der Waals surface area (Å²) in [7, 11) is 0. The lowest BCUT2D eigenvalue weighted by atomic mass is 10.0. The second-order valence-electron chi connectivity index (χ2n) is 4.86. The van der Waals surface area contributed by atoms with Crippen LogP contribution in [0.15, 0.2) is 42.5 Å². The molecule has 3 rings (SSSR count). The van der Waals surface area contributed by atoms with E-state index >= 15 is 0 Å². The third-order valence-electron chi connectivity index (χ3n) is 3.30. The fraction of sp³-hybridized carbons (Fsp3) is 0.133. The summed E-state index contributed by atoms with van der Waals surface area (Å²) in [5.41, 5.74) is -2.25. The van der Waals surface area contributed by atoms with Crippen molar-refractivity contribution in [1.82, 2.24) is 9.97 Å². The van der Waals surface area contributed by atoms with E-state index in [4.69, 9.17) is 0 Å². The molecule has 0 amide bonds. The highest BCUT2D eigenvalue weighted by Gasteiger charge is 2.38. The molecule has 1 aromatic heterocycles. The number of hydrogen-bond donors (Lipinski definition) is 1. The molecule has 3 aromatic rings. The molecule has 0 atom stereocenters. The molecule has 0 saturated heterocycles. The van der Waals surface area contributed by atoms with E-state index in [1.165, 1.54) is 0 Å². The molecule has 23 heavy (non-hydrogen) atoms. The van der Waals surface area contributed by atoms with Gasteiger partial charge in [-0.05, 0) is 24.3 Å². The van der Waals surface area contributed by atoms with Crippen LogP contribution >= 0.6 is 0 Å². The van der Waals surface area contributed by atoms with Crippen LogP contribution in [0.25, 0.3) is 22.4 Å². The molecule has 0 aliphatic rings. The number of H-pyrrole nitrogens is 1. The van der Waals surface area contributed by atoms with Gasteiger partial charge in [0.1, 0.15) is 5.82 Å². The Morgan fingerprint density at radius 1 is 0.826 bits per heavy atom. The highest BCUT2D eigenvalue weighted by Crippen LogP contribution is 2.40. The Bertz CT molecular complexity index is 827. The first kappa shape index (κ1) is 15.4. The number of nitrogens with zero attached hydrogens (tertiary/aromatic N) is 1. The van der Waals surface area contributed by atoms with Gasteiger partial charge in [0, 0.05) is 5.56 Å². The predicted molar refractivity (Wildman–Crippen MR) is 71.5 cm³/mol.